The quantitative estimate of drug-likeness (QED) is 0.790. The van der Waals surface area contributed by atoms with Crippen molar-refractivity contribution in [1.82, 2.24) is 19.9 Å². The van der Waals surface area contributed by atoms with E-state index in [1.807, 2.05) is 0 Å². The molecule has 6 nitrogen and oxygen atoms in total. The average Bonchev–Trinajstić information content (AvgIpc) is 3.09. The van der Waals surface area contributed by atoms with Gasteiger partial charge in [-0.2, -0.15) is 13.2 Å². The molecule has 3 heterocycles. The van der Waals surface area contributed by atoms with Crippen LogP contribution in [0.15, 0.2) is 30.5 Å². The molecule has 9 heteroatoms. The molecule has 0 saturated carbocycles. The Morgan fingerprint density at radius 1 is 1.28 bits per heavy atom. The molecular formula is C16H15F3N4O2. The molecule has 2 aliphatic heterocycles. The van der Waals surface area contributed by atoms with E-state index in [1.165, 1.54) is 23.1 Å². The number of halogens is 3. The first kappa shape index (κ1) is 16.1. The maximum absolute atomic E-state index is 13.2. The van der Waals surface area contributed by atoms with E-state index in [0.717, 1.165) is 11.8 Å². The second kappa shape index (κ2) is 5.83. The number of ether oxygens (including phenoxy) is 1. The number of carbonyl (C=O) groups excluding carboxylic acids is 1. The SMILES string of the molecule is O=C(c1ccccc1C(F)(F)F)N1CC[C@H]2[C@H](C1)OCc1cnnn12. The lowest BCUT2D eigenvalue weighted by Crippen LogP contribution is -2.50. The van der Waals surface area contributed by atoms with Gasteiger partial charge in [-0.1, -0.05) is 17.3 Å². The Morgan fingerprint density at radius 2 is 2.08 bits per heavy atom. The molecule has 0 unspecified atom stereocenters. The van der Waals surface area contributed by atoms with E-state index in [9.17, 15) is 18.0 Å². The number of aromatic nitrogens is 3. The highest BCUT2D eigenvalue weighted by Gasteiger charge is 2.40. The van der Waals surface area contributed by atoms with Gasteiger partial charge in [0, 0.05) is 13.1 Å². The maximum atomic E-state index is 13.2. The van der Waals surface area contributed by atoms with Crippen molar-refractivity contribution in [2.24, 2.45) is 0 Å². The van der Waals surface area contributed by atoms with Gasteiger partial charge in [0.15, 0.2) is 0 Å². The third-order valence-electron chi connectivity index (χ3n) is 4.68. The van der Waals surface area contributed by atoms with Crippen LogP contribution in [0.4, 0.5) is 13.2 Å². The molecule has 1 fully saturated rings. The van der Waals surface area contributed by atoms with Gasteiger partial charge in [-0.05, 0) is 18.6 Å². The van der Waals surface area contributed by atoms with E-state index in [4.69, 9.17) is 4.74 Å². The van der Waals surface area contributed by atoms with Crippen molar-refractivity contribution in [3.05, 3.63) is 47.3 Å². The number of alkyl halides is 3. The first-order chi connectivity index (χ1) is 11.9. The molecule has 0 bridgehead atoms. The number of amides is 1. The molecule has 1 aromatic heterocycles. The van der Waals surface area contributed by atoms with Crippen LogP contribution in [0, 0.1) is 0 Å². The molecule has 0 aliphatic carbocycles. The van der Waals surface area contributed by atoms with Gasteiger partial charge in [0.2, 0.25) is 0 Å². The summed E-state index contributed by atoms with van der Waals surface area (Å²) in [7, 11) is 0. The molecule has 0 N–H and O–H groups in total. The summed E-state index contributed by atoms with van der Waals surface area (Å²) in [5.74, 6) is -0.626. The fraction of sp³-hybridized carbons (Fsp3) is 0.438. The van der Waals surface area contributed by atoms with Gasteiger partial charge < -0.3 is 9.64 Å². The number of nitrogens with zero attached hydrogens (tertiary/aromatic N) is 4. The largest absolute Gasteiger partial charge is 0.417 e. The van der Waals surface area contributed by atoms with Gasteiger partial charge in [-0.15, -0.1) is 5.10 Å². The topological polar surface area (TPSA) is 60.3 Å². The van der Waals surface area contributed by atoms with E-state index in [2.05, 4.69) is 10.3 Å². The Kier molecular flexibility index (Phi) is 3.75. The van der Waals surface area contributed by atoms with Crippen LogP contribution in [0.1, 0.15) is 34.1 Å². The molecule has 0 radical (unpaired) electrons. The molecule has 132 valence electrons. The number of rotatable bonds is 1. The summed E-state index contributed by atoms with van der Waals surface area (Å²) in [6.07, 6.45) is -2.68. The zero-order chi connectivity index (χ0) is 17.6. The van der Waals surface area contributed by atoms with Gasteiger partial charge in [-0.3, -0.25) is 4.79 Å². The Hall–Kier alpha value is -2.42. The maximum Gasteiger partial charge on any atom is 0.417 e. The summed E-state index contributed by atoms with van der Waals surface area (Å²) < 4.78 is 47.0. The lowest BCUT2D eigenvalue weighted by atomic mass is 9.98. The van der Waals surface area contributed by atoms with Crippen LogP contribution < -0.4 is 0 Å². The highest BCUT2D eigenvalue weighted by molar-refractivity contribution is 5.96. The zero-order valence-corrected chi connectivity index (χ0v) is 13.1. The third-order valence-corrected chi connectivity index (χ3v) is 4.68. The van der Waals surface area contributed by atoms with Crippen LogP contribution in [-0.2, 0) is 17.5 Å². The number of benzene rings is 1. The minimum atomic E-state index is -4.57. The van der Waals surface area contributed by atoms with Crippen molar-refractivity contribution in [2.75, 3.05) is 13.1 Å². The number of piperidine rings is 1. The fourth-order valence-corrected chi connectivity index (χ4v) is 3.46. The molecule has 4 rings (SSSR count). The molecule has 25 heavy (non-hydrogen) atoms. The summed E-state index contributed by atoms with van der Waals surface area (Å²) >= 11 is 0. The molecule has 1 saturated heterocycles. The van der Waals surface area contributed by atoms with E-state index in [0.29, 0.717) is 19.6 Å². The molecule has 2 aliphatic rings. The highest BCUT2D eigenvalue weighted by Crippen LogP contribution is 2.34. The van der Waals surface area contributed by atoms with Crippen molar-refractivity contribution in [3.8, 4) is 0 Å². The molecule has 2 atom stereocenters. The van der Waals surface area contributed by atoms with Crippen LogP contribution >= 0.6 is 0 Å². The number of fused-ring (bicyclic) bond motifs is 3. The van der Waals surface area contributed by atoms with Crippen LogP contribution in [0.5, 0.6) is 0 Å². The third kappa shape index (κ3) is 2.78. The Balaban J connectivity index is 1.56. The summed E-state index contributed by atoms with van der Waals surface area (Å²) in [5.41, 5.74) is -0.376. The molecule has 2 aromatic rings. The normalized spacial score (nSPS) is 23.1. The van der Waals surface area contributed by atoms with Gasteiger partial charge in [-0.25, -0.2) is 4.68 Å². The van der Waals surface area contributed by atoms with Crippen molar-refractivity contribution >= 4 is 5.91 Å². The van der Waals surface area contributed by atoms with E-state index < -0.39 is 17.6 Å². The van der Waals surface area contributed by atoms with Crippen LogP contribution in [0.3, 0.4) is 0 Å². The summed E-state index contributed by atoms with van der Waals surface area (Å²) in [4.78, 5) is 14.1. The van der Waals surface area contributed by atoms with Gasteiger partial charge in [0.05, 0.1) is 41.8 Å². The molecule has 1 amide bonds. The fourth-order valence-electron chi connectivity index (χ4n) is 3.46. The minimum absolute atomic E-state index is 0.0480. The van der Waals surface area contributed by atoms with Gasteiger partial charge in [0.25, 0.3) is 5.91 Å². The Morgan fingerprint density at radius 3 is 2.88 bits per heavy atom. The van der Waals surface area contributed by atoms with E-state index >= 15 is 0 Å². The molecular weight excluding hydrogens is 337 g/mol. The van der Waals surface area contributed by atoms with Crippen molar-refractivity contribution in [1.29, 1.82) is 0 Å². The molecule has 0 spiro atoms. The number of hydrogen-bond acceptors (Lipinski definition) is 4. The Bertz CT molecular complexity index is 805. The van der Waals surface area contributed by atoms with Crippen molar-refractivity contribution in [3.63, 3.8) is 0 Å². The second-order valence-corrected chi connectivity index (χ2v) is 6.17. The van der Waals surface area contributed by atoms with E-state index in [-0.39, 0.29) is 24.3 Å². The number of hydrogen-bond donors (Lipinski definition) is 0. The second-order valence-electron chi connectivity index (χ2n) is 6.17. The zero-order valence-electron chi connectivity index (χ0n) is 13.1. The predicted octanol–water partition coefficient (Wildman–Crippen LogP) is 2.28. The Labute approximate surface area is 141 Å². The van der Waals surface area contributed by atoms with Crippen LogP contribution in [-0.4, -0.2) is 45.0 Å². The van der Waals surface area contributed by atoms with E-state index in [1.54, 1.807) is 10.9 Å². The monoisotopic (exact) mass is 352 g/mol. The lowest BCUT2D eigenvalue weighted by Gasteiger charge is -2.41. The first-order valence-electron chi connectivity index (χ1n) is 7.91. The van der Waals surface area contributed by atoms with Crippen molar-refractivity contribution < 1.29 is 22.7 Å². The first-order valence-corrected chi connectivity index (χ1v) is 7.91. The smallest absolute Gasteiger partial charge is 0.368 e. The lowest BCUT2D eigenvalue weighted by molar-refractivity contribution is -0.138. The molecule has 1 aromatic carbocycles. The van der Waals surface area contributed by atoms with Crippen molar-refractivity contribution in [2.45, 2.75) is 31.3 Å². The summed E-state index contributed by atoms with van der Waals surface area (Å²) in [5, 5.41) is 7.91. The highest BCUT2D eigenvalue weighted by atomic mass is 19.4. The minimum Gasteiger partial charge on any atom is -0.368 e. The van der Waals surface area contributed by atoms with Gasteiger partial charge >= 0.3 is 6.18 Å². The van der Waals surface area contributed by atoms with Gasteiger partial charge in [0.1, 0.15) is 0 Å². The van der Waals surface area contributed by atoms with Crippen LogP contribution in [0.25, 0.3) is 0 Å². The summed E-state index contributed by atoms with van der Waals surface area (Å²) in [6, 6.07) is 4.82. The number of carbonyl (C=O) groups is 1. The standard InChI is InChI=1S/C16H15F3N4O2/c17-16(18,19)12-4-2-1-3-11(12)15(24)22-6-5-13-14(8-22)25-9-10-7-20-21-23(10)13/h1-4,7,13-14H,5-6,8-9H2/t13-,14-/m0/s1. The summed E-state index contributed by atoms with van der Waals surface area (Å²) in [6.45, 7) is 0.902. The van der Waals surface area contributed by atoms with Crippen LogP contribution in [0.2, 0.25) is 0 Å². The average molecular weight is 352 g/mol. The predicted molar refractivity (Wildman–Crippen MR) is 79.6 cm³/mol. The number of likely N-dealkylation sites (tertiary alicyclic amines) is 1.